The van der Waals surface area contributed by atoms with Gasteiger partial charge in [0.15, 0.2) is 6.73 Å². The SMILES string of the molecule is CC(C)(C)OC(=O)N[C@@H]1CCCC[C@@H]1C(=O)N1CC[C@H]2C(c3nccn3COC(=O)C(C)(C)C)Nc3ccccc3C21. The molecule has 0 bridgehead atoms. The number of aromatic nitrogens is 2. The van der Waals surface area contributed by atoms with Crippen LogP contribution in [0.15, 0.2) is 36.7 Å². The quantitative estimate of drug-likeness (QED) is 0.445. The predicted molar refractivity (Wildman–Crippen MR) is 158 cm³/mol. The van der Waals surface area contributed by atoms with Crippen molar-refractivity contribution >= 4 is 23.7 Å². The van der Waals surface area contributed by atoms with Crippen molar-refractivity contribution in [3.05, 3.63) is 48.0 Å². The number of esters is 1. The summed E-state index contributed by atoms with van der Waals surface area (Å²) in [5.74, 6) is 0.355. The Balaban J connectivity index is 1.39. The topological polar surface area (TPSA) is 115 Å². The van der Waals surface area contributed by atoms with Crippen LogP contribution in [0.5, 0.6) is 0 Å². The third-order valence-electron chi connectivity index (χ3n) is 8.50. The molecule has 2 N–H and O–H groups in total. The van der Waals surface area contributed by atoms with Gasteiger partial charge in [-0.05, 0) is 72.4 Å². The zero-order valence-electron chi connectivity index (χ0n) is 25.7. The van der Waals surface area contributed by atoms with Gasteiger partial charge in [-0.25, -0.2) is 9.78 Å². The van der Waals surface area contributed by atoms with E-state index in [1.807, 2.05) is 75.4 Å². The lowest BCUT2D eigenvalue weighted by molar-refractivity contribution is -0.157. The molecule has 10 nitrogen and oxygen atoms in total. The molecule has 10 heteroatoms. The number of ether oxygens (including phenoxy) is 2. The number of rotatable bonds is 5. The Bertz CT molecular complexity index is 1310. The van der Waals surface area contributed by atoms with Crippen LogP contribution in [-0.4, -0.2) is 50.6 Å². The van der Waals surface area contributed by atoms with Crippen LogP contribution in [0, 0.1) is 17.3 Å². The summed E-state index contributed by atoms with van der Waals surface area (Å²) in [6.07, 6.45) is 7.29. The molecule has 1 aliphatic carbocycles. The van der Waals surface area contributed by atoms with E-state index in [0.29, 0.717) is 6.54 Å². The summed E-state index contributed by atoms with van der Waals surface area (Å²) >= 11 is 0. The number of anilines is 1. The van der Waals surface area contributed by atoms with Gasteiger partial charge in [-0.1, -0.05) is 31.0 Å². The summed E-state index contributed by atoms with van der Waals surface area (Å²) in [7, 11) is 0. The molecule has 5 rings (SSSR count). The number of alkyl carbamates (subject to hydrolysis) is 1. The van der Waals surface area contributed by atoms with Gasteiger partial charge < -0.3 is 25.0 Å². The van der Waals surface area contributed by atoms with E-state index in [2.05, 4.69) is 16.7 Å². The van der Waals surface area contributed by atoms with Crippen molar-refractivity contribution in [2.75, 3.05) is 11.9 Å². The van der Waals surface area contributed by atoms with Crippen LogP contribution in [0.1, 0.15) is 97.1 Å². The first-order valence-electron chi connectivity index (χ1n) is 15.2. The first-order chi connectivity index (χ1) is 19.8. The van der Waals surface area contributed by atoms with E-state index in [1.165, 1.54) is 0 Å². The number of carbonyl (C=O) groups is 3. The highest BCUT2D eigenvalue weighted by atomic mass is 16.6. The van der Waals surface area contributed by atoms with E-state index in [1.54, 1.807) is 6.20 Å². The molecule has 1 saturated carbocycles. The van der Waals surface area contributed by atoms with E-state index in [-0.39, 0.29) is 48.6 Å². The number of carbonyl (C=O) groups excluding carboxylic acids is 3. The van der Waals surface area contributed by atoms with Gasteiger partial charge in [-0.15, -0.1) is 0 Å². The van der Waals surface area contributed by atoms with Gasteiger partial charge >= 0.3 is 12.1 Å². The van der Waals surface area contributed by atoms with Crippen LogP contribution in [0.4, 0.5) is 10.5 Å². The zero-order valence-corrected chi connectivity index (χ0v) is 25.7. The normalized spacial score (nSPS) is 25.6. The average Bonchev–Trinajstić information content (AvgIpc) is 3.57. The number of imidazole rings is 1. The van der Waals surface area contributed by atoms with Crippen molar-refractivity contribution < 1.29 is 23.9 Å². The molecule has 5 atom stereocenters. The first kappa shape index (κ1) is 29.9. The smallest absolute Gasteiger partial charge is 0.407 e. The molecule has 2 fully saturated rings. The Hall–Kier alpha value is -3.56. The van der Waals surface area contributed by atoms with Gasteiger partial charge in [0.1, 0.15) is 11.4 Å². The van der Waals surface area contributed by atoms with E-state index in [4.69, 9.17) is 14.5 Å². The summed E-state index contributed by atoms with van der Waals surface area (Å²) in [5, 5.41) is 6.71. The largest absolute Gasteiger partial charge is 0.444 e. The Morgan fingerprint density at radius 3 is 2.52 bits per heavy atom. The van der Waals surface area contributed by atoms with Gasteiger partial charge in [0.05, 0.1) is 23.4 Å². The lowest BCUT2D eigenvalue weighted by Crippen LogP contribution is -2.51. The van der Waals surface area contributed by atoms with Crippen LogP contribution >= 0.6 is 0 Å². The zero-order chi connectivity index (χ0) is 30.2. The second-order valence-electron chi connectivity index (χ2n) is 13.8. The molecule has 228 valence electrons. The van der Waals surface area contributed by atoms with Crippen molar-refractivity contribution in [2.45, 2.75) is 104 Å². The molecular weight excluding hydrogens is 534 g/mol. The molecular formula is C32H45N5O5. The van der Waals surface area contributed by atoms with Crippen LogP contribution < -0.4 is 10.6 Å². The Morgan fingerprint density at radius 2 is 1.79 bits per heavy atom. The fourth-order valence-electron chi connectivity index (χ4n) is 6.55. The van der Waals surface area contributed by atoms with Crippen molar-refractivity contribution in [2.24, 2.45) is 17.3 Å². The van der Waals surface area contributed by atoms with Crippen LogP contribution in [0.3, 0.4) is 0 Å². The fraction of sp³-hybridized carbons (Fsp3) is 0.625. The number of hydrogen-bond acceptors (Lipinski definition) is 7. The molecule has 1 aromatic heterocycles. The maximum Gasteiger partial charge on any atom is 0.407 e. The van der Waals surface area contributed by atoms with E-state index >= 15 is 0 Å². The lowest BCUT2D eigenvalue weighted by atomic mass is 9.80. The third kappa shape index (κ3) is 6.27. The number of amides is 2. The van der Waals surface area contributed by atoms with Gasteiger partial charge in [0.2, 0.25) is 5.91 Å². The Morgan fingerprint density at radius 1 is 1.05 bits per heavy atom. The van der Waals surface area contributed by atoms with Crippen LogP contribution in [-0.2, 0) is 25.8 Å². The number of benzene rings is 1. The third-order valence-corrected chi connectivity index (χ3v) is 8.50. The number of nitrogens with one attached hydrogen (secondary N) is 2. The molecule has 2 aromatic rings. The van der Waals surface area contributed by atoms with E-state index in [0.717, 1.165) is 49.2 Å². The molecule has 3 aliphatic rings. The maximum absolute atomic E-state index is 14.3. The molecule has 2 aliphatic heterocycles. The second kappa shape index (κ2) is 11.6. The first-order valence-corrected chi connectivity index (χ1v) is 15.2. The fourth-order valence-corrected chi connectivity index (χ4v) is 6.55. The van der Waals surface area contributed by atoms with Gasteiger partial charge in [-0.2, -0.15) is 0 Å². The van der Waals surface area contributed by atoms with E-state index in [9.17, 15) is 14.4 Å². The molecule has 2 amide bonds. The number of para-hydroxylation sites is 1. The molecule has 0 spiro atoms. The highest BCUT2D eigenvalue weighted by Gasteiger charge is 2.49. The van der Waals surface area contributed by atoms with Crippen molar-refractivity contribution in [1.82, 2.24) is 19.8 Å². The molecule has 1 saturated heterocycles. The number of likely N-dealkylation sites (tertiary alicyclic amines) is 1. The molecule has 2 unspecified atom stereocenters. The van der Waals surface area contributed by atoms with E-state index < -0.39 is 17.1 Å². The summed E-state index contributed by atoms with van der Waals surface area (Å²) in [6.45, 7) is 11.7. The highest BCUT2D eigenvalue weighted by molar-refractivity contribution is 5.82. The van der Waals surface area contributed by atoms with Gasteiger partial charge in [0, 0.05) is 36.6 Å². The monoisotopic (exact) mass is 579 g/mol. The average molecular weight is 580 g/mol. The van der Waals surface area contributed by atoms with Crippen LogP contribution in [0.2, 0.25) is 0 Å². The molecule has 0 radical (unpaired) electrons. The number of fused-ring (bicyclic) bond motifs is 3. The molecule has 42 heavy (non-hydrogen) atoms. The van der Waals surface area contributed by atoms with Crippen molar-refractivity contribution in [1.29, 1.82) is 0 Å². The lowest BCUT2D eigenvalue weighted by Gasteiger charge is -2.41. The second-order valence-corrected chi connectivity index (χ2v) is 13.8. The molecule has 1 aromatic carbocycles. The van der Waals surface area contributed by atoms with Gasteiger partial charge in [0.25, 0.3) is 0 Å². The summed E-state index contributed by atoms with van der Waals surface area (Å²) in [6, 6.07) is 7.57. The maximum atomic E-state index is 14.3. The Kier molecular flexibility index (Phi) is 8.27. The minimum absolute atomic E-state index is 0.0733. The number of hydrogen-bond donors (Lipinski definition) is 2. The van der Waals surface area contributed by atoms with Gasteiger partial charge in [-0.3, -0.25) is 14.2 Å². The van der Waals surface area contributed by atoms with Crippen LogP contribution in [0.25, 0.3) is 0 Å². The molecule has 3 heterocycles. The number of nitrogens with zero attached hydrogens (tertiary/aromatic N) is 3. The summed E-state index contributed by atoms with van der Waals surface area (Å²) < 4.78 is 13.0. The minimum Gasteiger partial charge on any atom is -0.444 e. The minimum atomic E-state index is -0.606. The highest BCUT2D eigenvalue weighted by Crippen LogP contribution is 2.51. The Labute approximate surface area is 248 Å². The van der Waals surface area contributed by atoms with Crippen molar-refractivity contribution in [3.8, 4) is 0 Å². The standard InChI is InChI=1S/C32H45N5O5/c1-31(2,3)29(39)41-19-36-18-16-33-27(36)25-22-15-17-37(26(22)20-11-7-9-13-23(20)34-25)28(38)21-12-8-10-14-24(21)35-30(40)42-32(4,5)6/h7,9,11,13,16,18,21-22,24-26,34H,8,10,12,14-15,17,19H2,1-6H3,(H,35,40)/t21-,22-,24+,25?,26?/m0/s1. The summed E-state index contributed by atoms with van der Waals surface area (Å²) in [5.41, 5.74) is 0.853. The predicted octanol–water partition coefficient (Wildman–Crippen LogP) is 5.57. The summed E-state index contributed by atoms with van der Waals surface area (Å²) in [4.78, 5) is 46.2. The van der Waals surface area contributed by atoms with Crippen molar-refractivity contribution in [3.63, 3.8) is 0 Å².